The Morgan fingerprint density at radius 3 is 2.44 bits per heavy atom. The van der Waals surface area contributed by atoms with Crippen LogP contribution in [0.25, 0.3) is 0 Å². The third kappa shape index (κ3) is 2.11. The number of nitrogens with zero attached hydrogens (tertiary/aromatic N) is 1. The highest BCUT2D eigenvalue weighted by molar-refractivity contribution is 5.36. The second-order valence-electron chi connectivity index (χ2n) is 4.56. The molecule has 2 rings (SSSR count). The van der Waals surface area contributed by atoms with Gasteiger partial charge in [0.15, 0.2) is 5.79 Å². The molecule has 0 spiro atoms. The van der Waals surface area contributed by atoms with Crippen molar-refractivity contribution < 1.29 is 14.4 Å². The zero-order valence-electron chi connectivity index (χ0n) is 10.8. The Hall–Kier alpha value is -1.46. The van der Waals surface area contributed by atoms with Crippen LogP contribution in [-0.4, -0.2) is 17.1 Å². The molecule has 0 radical (unpaired) electrons. The van der Waals surface area contributed by atoms with E-state index in [9.17, 15) is 10.1 Å². The normalized spacial score (nSPS) is 31.5. The van der Waals surface area contributed by atoms with Crippen molar-refractivity contribution in [3.05, 3.63) is 39.9 Å². The predicted octanol–water partition coefficient (Wildman–Crippen LogP) is 2.98. The van der Waals surface area contributed by atoms with E-state index in [1.807, 2.05) is 20.8 Å². The largest absolute Gasteiger partial charge is 0.340 e. The van der Waals surface area contributed by atoms with Gasteiger partial charge in [0.05, 0.1) is 17.1 Å². The molecule has 2 atom stereocenters. The average Bonchev–Trinajstić information content (AvgIpc) is 2.66. The highest BCUT2D eigenvalue weighted by Crippen LogP contribution is 2.40. The van der Waals surface area contributed by atoms with Gasteiger partial charge < -0.3 is 9.47 Å². The van der Waals surface area contributed by atoms with Gasteiger partial charge >= 0.3 is 0 Å². The summed E-state index contributed by atoms with van der Waals surface area (Å²) in [6, 6.07) is 6.45. The van der Waals surface area contributed by atoms with E-state index in [4.69, 9.17) is 9.47 Å². The smallest absolute Gasteiger partial charge is 0.269 e. The third-order valence-electron chi connectivity index (χ3n) is 3.38. The lowest BCUT2D eigenvalue weighted by Crippen LogP contribution is -2.27. The highest BCUT2D eigenvalue weighted by Gasteiger charge is 2.44. The van der Waals surface area contributed by atoms with Crippen LogP contribution >= 0.6 is 0 Å². The van der Waals surface area contributed by atoms with E-state index in [0.717, 1.165) is 0 Å². The summed E-state index contributed by atoms with van der Waals surface area (Å²) in [5.74, 6) is -0.856. The van der Waals surface area contributed by atoms with Gasteiger partial charge in [-0.25, -0.2) is 0 Å². The number of hydrogen-bond acceptors (Lipinski definition) is 4. The Kier molecular flexibility index (Phi) is 3.36. The number of rotatable bonds is 3. The molecule has 0 N–H and O–H groups in total. The number of ether oxygens (including phenoxy) is 2. The Morgan fingerprint density at radius 1 is 1.33 bits per heavy atom. The molecular weight excluding hydrogens is 234 g/mol. The molecule has 0 amide bonds. The summed E-state index contributed by atoms with van der Waals surface area (Å²) in [6.07, 6.45) is 0.566. The standard InChI is InChI=1S/C13H17NO4/c1-4-13(17-9(2)10(3)18-13)11-6-5-7-12(8-11)14(15)16/h5-10H,4H2,1-3H3. The lowest BCUT2D eigenvalue weighted by molar-refractivity contribution is -0.385. The second-order valence-corrected chi connectivity index (χ2v) is 4.56. The van der Waals surface area contributed by atoms with Gasteiger partial charge in [0.2, 0.25) is 0 Å². The molecule has 0 aliphatic carbocycles. The van der Waals surface area contributed by atoms with E-state index in [1.165, 1.54) is 12.1 Å². The van der Waals surface area contributed by atoms with Crippen LogP contribution in [0.5, 0.6) is 0 Å². The Bertz CT molecular complexity index is 450. The molecule has 5 heteroatoms. The maximum atomic E-state index is 10.8. The first-order valence-corrected chi connectivity index (χ1v) is 6.09. The molecule has 1 aromatic rings. The molecule has 2 unspecified atom stereocenters. The summed E-state index contributed by atoms with van der Waals surface area (Å²) in [4.78, 5) is 10.4. The van der Waals surface area contributed by atoms with Crippen LogP contribution in [0, 0.1) is 10.1 Å². The minimum Gasteiger partial charge on any atom is -0.340 e. The first kappa shape index (κ1) is 13.0. The van der Waals surface area contributed by atoms with Gasteiger partial charge in [-0.15, -0.1) is 0 Å². The lowest BCUT2D eigenvalue weighted by atomic mass is 10.0. The Balaban J connectivity index is 2.39. The van der Waals surface area contributed by atoms with Crippen LogP contribution in [-0.2, 0) is 15.3 Å². The van der Waals surface area contributed by atoms with E-state index in [0.29, 0.717) is 12.0 Å². The van der Waals surface area contributed by atoms with Crippen LogP contribution in [0.15, 0.2) is 24.3 Å². The molecular formula is C13H17NO4. The van der Waals surface area contributed by atoms with Crippen LogP contribution < -0.4 is 0 Å². The topological polar surface area (TPSA) is 61.6 Å². The highest BCUT2D eigenvalue weighted by atomic mass is 16.8. The number of nitro benzene ring substituents is 1. The van der Waals surface area contributed by atoms with E-state index < -0.39 is 10.7 Å². The summed E-state index contributed by atoms with van der Waals surface area (Å²) in [6.45, 7) is 5.84. The SMILES string of the molecule is CCC1(c2cccc([N+](=O)[O-])c2)OC(C)C(C)O1. The molecule has 0 bridgehead atoms. The molecule has 1 heterocycles. The Morgan fingerprint density at radius 2 is 1.94 bits per heavy atom. The van der Waals surface area contributed by atoms with Gasteiger partial charge in [0.1, 0.15) is 0 Å². The summed E-state index contributed by atoms with van der Waals surface area (Å²) >= 11 is 0. The number of benzene rings is 1. The fourth-order valence-corrected chi connectivity index (χ4v) is 2.18. The van der Waals surface area contributed by atoms with Gasteiger partial charge in [-0.05, 0) is 13.8 Å². The minimum absolute atomic E-state index is 0.0239. The number of hydrogen-bond donors (Lipinski definition) is 0. The zero-order valence-corrected chi connectivity index (χ0v) is 10.8. The molecule has 0 aromatic heterocycles. The molecule has 0 saturated carbocycles. The van der Waals surface area contributed by atoms with Crippen LogP contribution in [0.4, 0.5) is 5.69 Å². The van der Waals surface area contributed by atoms with E-state index in [1.54, 1.807) is 12.1 Å². The summed E-state index contributed by atoms with van der Waals surface area (Å²) in [5, 5.41) is 10.8. The minimum atomic E-state index is -0.856. The molecule has 1 fully saturated rings. The van der Waals surface area contributed by atoms with Crippen molar-refractivity contribution in [2.75, 3.05) is 0 Å². The molecule has 18 heavy (non-hydrogen) atoms. The zero-order chi connectivity index (χ0) is 13.3. The van der Waals surface area contributed by atoms with Crippen LogP contribution in [0.1, 0.15) is 32.8 Å². The van der Waals surface area contributed by atoms with E-state index >= 15 is 0 Å². The van der Waals surface area contributed by atoms with Crippen molar-refractivity contribution in [3.63, 3.8) is 0 Å². The Labute approximate surface area is 106 Å². The molecule has 1 aromatic carbocycles. The van der Waals surface area contributed by atoms with Crippen molar-refractivity contribution in [1.82, 2.24) is 0 Å². The number of non-ortho nitro benzene ring substituents is 1. The maximum absolute atomic E-state index is 10.8. The van der Waals surface area contributed by atoms with Gasteiger partial charge in [0.25, 0.3) is 5.69 Å². The molecule has 1 saturated heterocycles. The fourth-order valence-electron chi connectivity index (χ4n) is 2.18. The van der Waals surface area contributed by atoms with Crippen molar-refractivity contribution in [2.45, 2.75) is 45.2 Å². The first-order valence-electron chi connectivity index (χ1n) is 6.09. The number of nitro groups is 1. The van der Waals surface area contributed by atoms with Crippen molar-refractivity contribution in [3.8, 4) is 0 Å². The van der Waals surface area contributed by atoms with Crippen LogP contribution in [0.2, 0.25) is 0 Å². The monoisotopic (exact) mass is 251 g/mol. The average molecular weight is 251 g/mol. The van der Waals surface area contributed by atoms with Crippen LogP contribution in [0.3, 0.4) is 0 Å². The quantitative estimate of drug-likeness (QED) is 0.612. The van der Waals surface area contributed by atoms with Gasteiger partial charge in [-0.1, -0.05) is 19.1 Å². The van der Waals surface area contributed by atoms with Crippen molar-refractivity contribution >= 4 is 5.69 Å². The molecule has 5 nitrogen and oxygen atoms in total. The van der Waals surface area contributed by atoms with Gasteiger partial charge in [0, 0.05) is 24.1 Å². The van der Waals surface area contributed by atoms with Gasteiger partial charge in [-0.2, -0.15) is 0 Å². The fraction of sp³-hybridized carbons (Fsp3) is 0.538. The molecule has 1 aliphatic heterocycles. The van der Waals surface area contributed by atoms with Crippen molar-refractivity contribution in [2.24, 2.45) is 0 Å². The van der Waals surface area contributed by atoms with E-state index in [-0.39, 0.29) is 17.9 Å². The maximum Gasteiger partial charge on any atom is 0.269 e. The summed E-state index contributed by atoms with van der Waals surface area (Å²) in [7, 11) is 0. The summed E-state index contributed by atoms with van der Waals surface area (Å²) in [5.41, 5.74) is 0.759. The third-order valence-corrected chi connectivity index (χ3v) is 3.38. The van der Waals surface area contributed by atoms with E-state index in [2.05, 4.69) is 0 Å². The molecule has 1 aliphatic rings. The second kappa shape index (κ2) is 4.66. The predicted molar refractivity (Wildman–Crippen MR) is 66.2 cm³/mol. The van der Waals surface area contributed by atoms with Gasteiger partial charge in [-0.3, -0.25) is 10.1 Å². The molecule has 98 valence electrons. The summed E-state index contributed by atoms with van der Waals surface area (Å²) < 4.78 is 11.8. The van der Waals surface area contributed by atoms with Crippen molar-refractivity contribution in [1.29, 1.82) is 0 Å². The first-order chi connectivity index (χ1) is 8.48. The lowest BCUT2D eigenvalue weighted by Gasteiger charge is -2.27.